The van der Waals surface area contributed by atoms with Crippen molar-refractivity contribution in [3.05, 3.63) is 0 Å². The largest absolute Gasteiger partial charge is 0.501 e. The van der Waals surface area contributed by atoms with E-state index in [0.29, 0.717) is 26.2 Å². The molecule has 1 atom stereocenters. The number of hydrogen-bond donors (Lipinski definition) is 1. The van der Waals surface area contributed by atoms with Gasteiger partial charge in [0.15, 0.2) is 0 Å². The van der Waals surface area contributed by atoms with Crippen LogP contribution in [0.4, 0.5) is 0 Å². The Morgan fingerprint density at radius 2 is 0.803 bits per heavy atom. The van der Waals surface area contributed by atoms with E-state index in [1.165, 1.54) is 167 Å². The Bertz CT molecular complexity index is 920. The monoisotopic (exact) mass is 883 g/mol. The molecule has 0 saturated heterocycles. The minimum atomic E-state index is -2.61. The van der Waals surface area contributed by atoms with Crippen molar-refractivity contribution in [2.75, 3.05) is 60.1 Å². The first-order valence-electron chi connectivity index (χ1n) is 26.9. The van der Waals surface area contributed by atoms with Crippen molar-refractivity contribution in [1.29, 1.82) is 0 Å². The second-order valence-electron chi connectivity index (χ2n) is 19.1. The van der Waals surface area contributed by atoms with Gasteiger partial charge >= 0.3 is 8.80 Å². The number of rotatable bonds is 48. The average Bonchev–Trinajstić information content (AvgIpc) is 3.22. The standard InChI is InChI=1S/C52H107N3O5Si/c1-9-14-16-18-20-22-24-26-28-30-32-34-36-40-45-54(46-41-37-35-33-31-29-27-25-23-21-19-17-15-10-2)52(57)50(6)53-51(56)44-39-38-42-47-55(7,8)48-43-49-61(58-11-3,59-12-4)60-13-5/h50H,9-49H2,1-8H3/p+1/t50-/m0/s1. The summed E-state index contributed by atoms with van der Waals surface area (Å²) >= 11 is 0. The van der Waals surface area contributed by atoms with E-state index in [1.54, 1.807) is 0 Å². The fourth-order valence-electron chi connectivity index (χ4n) is 8.81. The molecule has 61 heavy (non-hydrogen) atoms. The quantitative estimate of drug-likeness (QED) is 0.0374. The third-order valence-corrected chi connectivity index (χ3v) is 15.8. The summed E-state index contributed by atoms with van der Waals surface area (Å²) in [5, 5.41) is 3.08. The maximum Gasteiger partial charge on any atom is 0.501 e. The highest BCUT2D eigenvalue weighted by atomic mass is 28.4. The van der Waals surface area contributed by atoms with Gasteiger partial charge in [0.2, 0.25) is 11.8 Å². The second-order valence-corrected chi connectivity index (χ2v) is 21.8. The highest BCUT2D eigenvalue weighted by molar-refractivity contribution is 6.60. The first-order valence-corrected chi connectivity index (χ1v) is 28.8. The molecular weight excluding hydrogens is 775 g/mol. The molecule has 0 heterocycles. The zero-order valence-electron chi connectivity index (χ0n) is 42.5. The molecule has 0 aliphatic carbocycles. The Hall–Kier alpha value is -1.00. The summed E-state index contributed by atoms with van der Waals surface area (Å²) in [5.74, 6) is 0.105. The Labute approximate surface area is 382 Å². The number of unbranched alkanes of at least 4 members (excludes halogenated alkanes) is 28. The molecular formula is C52H108N3O5Si+. The van der Waals surface area contributed by atoms with Crippen molar-refractivity contribution in [2.45, 2.75) is 266 Å². The van der Waals surface area contributed by atoms with Gasteiger partial charge in [0.05, 0.1) is 27.2 Å². The highest BCUT2D eigenvalue weighted by Gasteiger charge is 2.40. The third-order valence-electron chi connectivity index (χ3n) is 12.6. The van der Waals surface area contributed by atoms with Gasteiger partial charge in [-0.05, 0) is 59.8 Å². The van der Waals surface area contributed by atoms with Crippen LogP contribution < -0.4 is 5.32 Å². The van der Waals surface area contributed by atoms with Gasteiger partial charge in [-0.15, -0.1) is 0 Å². The van der Waals surface area contributed by atoms with Crippen LogP contribution in [0.2, 0.25) is 6.04 Å². The smallest absolute Gasteiger partial charge is 0.374 e. The second kappa shape index (κ2) is 42.9. The predicted octanol–water partition coefficient (Wildman–Crippen LogP) is 14.4. The lowest BCUT2D eigenvalue weighted by molar-refractivity contribution is -0.890. The first kappa shape index (κ1) is 60.0. The molecule has 0 aromatic rings. The topological polar surface area (TPSA) is 77.1 Å². The lowest BCUT2D eigenvalue weighted by Gasteiger charge is -2.32. The summed E-state index contributed by atoms with van der Waals surface area (Å²) in [6.07, 6.45) is 41.8. The Balaban J connectivity index is 4.64. The molecule has 0 aliphatic rings. The maximum atomic E-state index is 13.7. The summed E-state index contributed by atoms with van der Waals surface area (Å²) in [5.41, 5.74) is 0. The molecule has 8 nitrogen and oxygen atoms in total. The fourth-order valence-corrected chi connectivity index (χ4v) is 11.4. The van der Waals surface area contributed by atoms with Gasteiger partial charge in [-0.3, -0.25) is 9.59 Å². The molecule has 0 bridgehead atoms. The average molecular weight is 884 g/mol. The van der Waals surface area contributed by atoms with E-state index in [4.69, 9.17) is 13.3 Å². The zero-order chi connectivity index (χ0) is 45.1. The SMILES string of the molecule is CCCCCCCCCCCCCCCCN(CCCCCCCCCCCCCCCC)C(=O)[C@H](C)NC(=O)CCCCC[N+](C)(C)CCC[Si](OCC)(OCC)OCC. The van der Waals surface area contributed by atoms with Crippen LogP contribution in [0, 0.1) is 0 Å². The molecule has 0 fully saturated rings. The summed E-state index contributed by atoms with van der Waals surface area (Å²) < 4.78 is 19.1. The molecule has 1 N–H and O–H groups in total. The number of quaternary nitrogens is 1. The van der Waals surface area contributed by atoms with Crippen LogP contribution in [0.1, 0.15) is 253 Å². The molecule has 0 spiro atoms. The van der Waals surface area contributed by atoms with Gasteiger partial charge in [0, 0.05) is 51.8 Å². The van der Waals surface area contributed by atoms with E-state index >= 15 is 0 Å². The normalized spacial score (nSPS) is 12.6. The van der Waals surface area contributed by atoms with Crippen molar-refractivity contribution < 1.29 is 27.4 Å². The van der Waals surface area contributed by atoms with Crippen LogP contribution >= 0.6 is 0 Å². The molecule has 2 amide bonds. The highest BCUT2D eigenvalue weighted by Crippen LogP contribution is 2.20. The summed E-state index contributed by atoms with van der Waals surface area (Å²) in [6.45, 7) is 18.1. The predicted molar refractivity (Wildman–Crippen MR) is 265 cm³/mol. The maximum absolute atomic E-state index is 13.7. The van der Waals surface area contributed by atoms with E-state index < -0.39 is 14.8 Å². The summed E-state index contributed by atoms with van der Waals surface area (Å²) in [7, 11) is 1.97. The van der Waals surface area contributed by atoms with E-state index in [0.717, 1.165) is 75.2 Å². The molecule has 0 unspecified atom stereocenters. The van der Waals surface area contributed by atoms with E-state index in [2.05, 4.69) is 38.2 Å². The van der Waals surface area contributed by atoms with Crippen molar-refractivity contribution >= 4 is 20.6 Å². The van der Waals surface area contributed by atoms with Gasteiger partial charge in [0.1, 0.15) is 6.04 Å². The lowest BCUT2D eigenvalue weighted by Crippen LogP contribution is -2.48. The van der Waals surface area contributed by atoms with Crippen molar-refractivity contribution in [2.24, 2.45) is 0 Å². The Kier molecular flexibility index (Phi) is 42.2. The molecule has 0 radical (unpaired) electrons. The molecule has 0 aromatic heterocycles. The fraction of sp³-hybridized carbons (Fsp3) is 0.962. The molecule has 0 saturated carbocycles. The van der Waals surface area contributed by atoms with Crippen molar-refractivity contribution in [3.63, 3.8) is 0 Å². The molecule has 364 valence electrons. The molecule has 0 aliphatic heterocycles. The third kappa shape index (κ3) is 37.0. The number of nitrogens with zero attached hydrogens (tertiary/aromatic N) is 2. The van der Waals surface area contributed by atoms with E-state index in [9.17, 15) is 9.59 Å². The molecule has 0 rings (SSSR count). The Morgan fingerprint density at radius 3 is 1.16 bits per heavy atom. The lowest BCUT2D eigenvalue weighted by atomic mass is 10.0. The number of nitrogens with one attached hydrogen (secondary N) is 1. The van der Waals surface area contributed by atoms with Crippen LogP contribution in [0.3, 0.4) is 0 Å². The van der Waals surface area contributed by atoms with Gasteiger partial charge in [-0.25, -0.2) is 0 Å². The van der Waals surface area contributed by atoms with Crippen LogP contribution in [0.15, 0.2) is 0 Å². The van der Waals surface area contributed by atoms with Crippen LogP contribution in [-0.2, 0) is 22.9 Å². The number of hydrogen-bond acceptors (Lipinski definition) is 5. The molecule has 0 aromatic carbocycles. The number of carbonyl (C=O) groups excluding carboxylic acids is 2. The van der Waals surface area contributed by atoms with Crippen LogP contribution in [-0.4, -0.2) is 96.1 Å². The first-order chi connectivity index (χ1) is 29.6. The minimum Gasteiger partial charge on any atom is -0.374 e. The zero-order valence-corrected chi connectivity index (χ0v) is 43.5. The van der Waals surface area contributed by atoms with Crippen molar-refractivity contribution in [1.82, 2.24) is 10.2 Å². The van der Waals surface area contributed by atoms with Gasteiger partial charge in [0.25, 0.3) is 0 Å². The van der Waals surface area contributed by atoms with Gasteiger partial charge < -0.3 is 28.0 Å². The number of amides is 2. The van der Waals surface area contributed by atoms with Crippen LogP contribution in [0.5, 0.6) is 0 Å². The van der Waals surface area contributed by atoms with Gasteiger partial charge in [-0.1, -0.05) is 181 Å². The van der Waals surface area contributed by atoms with Crippen LogP contribution in [0.25, 0.3) is 0 Å². The number of carbonyl (C=O) groups is 2. The minimum absolute atomic E-state index is 0.00612. The van der Waals surface area contributed by atoms with Crippen molar-refractivity contribution in [3.8, 4) is 0 Å². The van der Waals surface area contributed by atoms with Gasteiger partial charge in [-0.2, -0.15) is 0 Å². The van der Waals surface area contributed by atoms with E-state index in [1.807, 2.05) is 27.7 Å². The molecule has 9 heteroatoms. The van der Waals surface area contributed by atoms with E-state index in [-0.39, 0.29) is 11.8 Å². The summed E-state index contributed by atoms with van der Waals surface area (Å²) in [6, 6.07) is 0.375. The Morgan fingerprint density at radius 1 is 0.475 bits per heavy atom. The summed E-state index contributed by atoms with van der Waals surface area (Å²) in [4.78, 5) is 28.8.